The maximum absolute atomic E-state index is 6.18. The van der Waals surface area contributed by atoms with Crippen LogP contribution in [0.2, 0.25) is 10.0 Å². The van der Waals surface area contributed by atoms with E-state index >= 15 is 0 Å². The first kappa shape index (κ1) is 18.3. The lowest BCUT2D eigenvalue weighted by Crippen LogP contribution is -2.07. The maximum atomic E-state index is 6.18. The summed E-state index contributed by atoms with van der Waals surface area (Å²) in [5.41, 5.74) is 4.72. The number of hydrogen-bond acceptors (Lipinski definition) is 3. The molecule has 0 unspecified atom stereocenters. The molecule has 0 saturated heterocycles. The molecule has 0 aliphatic carbocycles. The van der Waals surface area contributed by atoms with Gasteiger partial charge in [-0.15, -0.1) is 0 Å². The monoisotopic (exact) mass is 384 g/mol. The van der Waals surface area contributed by atoms with E-state index in [1.807, 2.05) is 36.4 Å². The van der Waals surface area contributed by atoms with Gasteiger partial charge >= 0.3 is 0 Å². The summed E-state index contributed by atoms with van der Waals surface area (Å²) in [6, 6.07) is 17.5. The SMILES string of the molecule is C=CCOc1ccc2ccccc2c1/C=N/NCc1c(Cl)cccc1Cl. The van der Waals surface area contributed by atoms with Gasteiger partial charge in [-0.05, 0) is 29.0 Å². The Balaban J connectivity index is 1.84. The van der Waals surface area contributed by atoms with Crippen LogP contribution in [0.15, 0.2) is 72.4 Å². The van der Waals surface area contributed by atoms with Crippen LogP contribution in [-0.4, -0.2) is 12.8 Å². The fraction of sp³-hybridized carbons (Fsp3) is 0.0952. The second-order valence-electron chi connectivity index (χ2n) is 5.59. The molecule has 0 aromatic heterocycles. The van der Waals surface area contributed by atoms with Gasteiger partial charge in [-0.25, -0.2) is 0 Å². The first-order valence-electron chi connectivity index (χ1n) is 8.15. The normalized spacial score (nSPS) is 11.0. The number of halogens is 2. The number of hydrazone groups is 1. The molecule has 132 valence electrons. The Morgan fingerprint density at radius 3 is 2.54 bits per heavy atom. The Morgan fingerprint density at radius 2 is 1.77 bits per heavy atom. The Bertz CT molecular complexity index is 934. The summed E-state index contributed by atoms with van der Waals surface area (Å²) in [7, 11) is 0. The van der Waals surface area contributed by atoms with Crippen molar-refractivity contribution in [3.63, 3.8) is 0 Å². The van der Waals surface area contributed by atoms with Gasteiger partial charge in [0.15, 0.2) is 0 Å². The van der Waals surface area contributed by atoms with Gasteiger partial charge in [-0.3, -0.25) is 0 Å². The Hall–Kier alpha value is -2.49. The summed E-state index contributed by atoms with van der Waals surface area (Å²) in [6.45, 7) is 4.56. The summed E-state index contributed by atoms with van der Waals surface area (Å²) in [5, 5.41) is 7.75. The summed E-state index contributed by atoms with van der Waals surface area (Å²) in [4.78, 5) is 0. The van der Waals surface area contributed by atoms with E-state index in [4.69, 9.17) is 27.9 Å². The van der Waals surface area contributed by atoms with Crippen LogP contribution in [0.5, 0.6) is 5.75 Å². The van der Waals surface area contributed by atoms with Crippen LogP contribution >= 0.6 is 23.2 Å². The van der Waals surface area contributed by atoms with E-state index in [1.165, 1.54) is 0 Å². The van der Waals surface area contributed by atoms with E-state index in [9.17, 15) is 0 Å². The number of nitrogens with one attached hydrogen (secondary N) is 1. The number of benzene rings is 3. The zero-order valence-electron chi connectivity index (χ0n) is 14.1. The Kier molecular flexibility index (Phi) is 6.16. The van der Waals surface area contributed by atoms with E-state index in [0.717, 1.165) is 27.6 Å². The van der Waals surface area contributed by atoms with E-state index in [0.29, 0.717) is 23.2 Å². The predicted octanol–water partition coefficient (Wildman–Crippen LogP) is 5.84. The molecule has 0 fully saturated rings. The van der Waals surface area contributed by atoms with Crippen molar-refractivity contribution in [2.75, 3.05) is 6.61 Å². The Labute approximate surface area is 162 Å². The lowest BCUT2D eigenvalue weighted by molar-refractivity contribution is 0.363. The fourth-order valence-corrected chi connectivity index (χ4v) is 3.15. The molecule has 5 heteroatoms. The second-order valence-corrected chi connectivity index (χ2v) is 6.41. The first-order chi connectivity index (χ1) is 12.7. The average Bonchev–Trinajstić information content (AvgIpc) is 2.66. The van der Waals surface area contributed by atoms with Gasteiger partial charge in [0.2, 0.25) is 0 Å². The molecular formula is C21H18Cl2N2O. The van der Waals surface area contributed by atoms with Crippen LogP contribution < -0.4 is 10.2 Å². The highest BCUT2D eigenvalue weighted by molar-refractivity contribution is 6.35. The van der Waals surface area contributed by atoms with Crippen LogP contribution in [0.4, 0.5) is 0 Å². The van der Waals surface area contributed by atoms with Gasteiger partial charge in [-0.2, -0.15) is 5.10 Å². The number of nitrogens with zero attached hydrogens (tertiary/aromatic N) is 1. The smallest absolute Gasteiger partial charge is 0.129 e. The van der Waals surface area contributed by atoms with Gasteiger partial charge in [0.25, 0.3) is 0 Å². The minimum absolute atomic E-state index is 0.432. The van der Waals surface area contributed by atoms with E-state index in [2.05, 4.69) is 23.2 Å². The van der Waals surface area contributed by atoms with Gasteiger partial charge in [0.1, 0.15) is 12.4 Å². The molecule has 0 saturated carbocycles. The number of hydrogen-bond donors (Lipinski definition) is 1. The van der Waals surface area contributed by atoms with Crippen LogP contribution in [0, 0.1) is 0 Å². The molecule has 0 aliphatic rings. The molecular weight excluding hydrogens is 367 g/mol. The highest BCUT2D eigenvalue weighted by Crippen LogP contribution is 2.27. The molecule has 0 amide bonds. The molecule has 3 aromatic carbocycles. The van der Waals surface area contributed by atoms with Gasteiger partial charge in [-0.1, -0.05) is 72.3 Å². The molecule has 3 aromatic rings. The van der Waals surface area contributed by atoms with Crippen molar-refractivity contribution in [1.82, 2.24) is 5.43 Å². The average molecular weight is 385 g/mol. The quantitative estimate of drug-likeness (QED) is 0.315. The highest BCUT2D eigenvalue weighted by atomic mass is 35.5. The molecule has 1 N–H and O–H groups in total. The maximum Gasteiger partial charge on any atom is 0.129 e. The third-order valence-corrected chi connectivity index (χ3v) is 4.60. The van der Waals surface area contributed by atoms with Gasteiger partial charge < -0.3 is 10.2 Å². The van der Waals surface area contributed by atoms with Crippen molar-refractivity contribution in [2.45, 2.75) is 6.54 Å². The molecule has 0 spiro atoms. The first-order valence-corrected chi connectivity index (χ1v) is 8.90. The van der Waals surface area contributed by atoms with E-state index < -0.39 is 0 Å². The van der Waals surface area contributed by atoms with E-state index in [-0.39, 0.29) is 0 Å². The van der Waals surface area contributed by atoms with Crippen molar-refractivity contribution in [3.05, 3.63) is 88.4 Å². The number of ether oxygens (including phenoxy) is 1. The van der Waals surface area contributed by atoms with Crippen molar-refractivity contribution in [3.8, 4) is 5.75 Å². The number of fused-ring (bicyclic) bond motifs is 1. The van der Waals surface area contributed by atoms with Crippen LogP contribution in [0.1, 0.15) is 11.1 Å². The minimum Gasteiger partial charge on any atom is -0.489 e. The summed E-state index contributed by atoms with van der Waals surface area (Å²) in [6.07, 6.45) is 3.47. The lowest BCUT2D eigenvalue weighted by Gasteiger charge is -2.11. The molecule has 3 rings (SSSR count). The van der Waals surface area contributed by atoms with Gasteiger partial charge in [0.05, 0.1) is 12.8 Å². The standard InChI is InChI=1S/C21H18Cl2N2O/c1-2-12-26-21-11-10-15-6-3-4-7-16(15)17(21)13-24-25-14-18-19(22)8-5-9-20(18)23/h2-11,13,25H,1,12,14H2/b24-13+. The highest BCUT2D eigenvalue weighted by Gasteiger charge is 2.07. The molecule has 0 aliphatic heterocycles. The van der Waals surface area contributed by atoms with Crippen molar-refractivity contribution in [1.29, 1.82) is 0 Å². The third-order valence-electron chi connectivity index (χ3n) is 3.89. The number of rotatable bonds is 7. The molecule has 0 bridgehead atoms. The van der Waals surface area contributed by atoms with Crippen molar-refractivity contribution >= 4 is 40.2 Å². The zero-order chi connectivity index (χ0) is 18.4. The van der Waals surface area contributed by atoms with Crippen molar-refractivity contribution in [2.24, 2.45) is 5.10 Å². The second kappa shape index (κ2) is 8.75. The third kappa shape index (κ3) is 4.18. The minimum atomic E-state index is 0.432. The molecule has 0 radical (unpaired) electrons. The van der Waals surface area contributed by atoms with E-state index in [1.54, 1.807) is 24.4 Å². The largest absolute Gasteiger partial charge is 0.489 e. The fourth-order valence-electron chi connectivity index (χ4n) is 2.62. The molecule has 3 nitrogen and oxygen atoms in total. The predicted molar refractivity (Wildman–Crippen MR) is 111 cm³/mol. The topological polar surface area (TPSA) is 33.6 Å². The van der Waals surface area contributed by atoms with Crippen LogP contribution in [-0.2, 0) is 6.54 Å². The van der Waals surface area contributed by atoms with Crippen LogP contribution in [0.3, 0.4) is 0 Å². The molecule has 0 heterocycles. The summed E-state index contributed by atoms with van der Waals surface area (Å²) in [5.74, 6) is 0.755. The summed E-state index contributed by atoms with van der Waals surface area (Å²) < 4.78 is 5.77. The molecule has 0 atom stereocenters. The zero-order valence-corrected chi connectivity index (χ0v) is 15.6. The van der Waals surface area contributed by atoms with Crippen LogP contribution in [0.25, 0.3) is 10.8 Å². The Morgan fingerprint density at radius 1 is 1.00 bits per heavy atom. The summed E-state index contributed by atoms with van der Waals surface area (Å²) >= 11 is 12.4. The van der Waals surface area contributed by atoms with Gasteiger partial charge in [0, 0.05) is 21.2 Å². The lowest BCUT2D eigenvalue weighted by atomic mass is 10.0. The molecule has 26 heavy (non-hydrogen) atoms. The van der Waals surface area contributed by atoms with Crippen molar-refractivity contribution < 1.29 is 4.74 Å².